The van der Waals surface area contributed by atoms with Gasteiger partial charge in [-0.3, -0.25) is 4.79 Å². The van der Waals surface area contributed by atoms with Crippen molar-refractivity contribution in [2.75, 3.05) is 0 Å². The molecular formula is C13H10N4O2. The zero-order valence-corrected chi connectivity index (χ0v) is 9.89. The van der Waals surface area contributed by atoms with Gasteiger partial charge in [-0.25, -0.2) is 0 Å². The highest BCUT2D eigenvalue weighted by Crippen LogP contribution is 2.16. The fourth-order valence-corrected chi connectivity index (χ4v) is 1.84. The van der Waals surface area contributed by atoms with Gasteiger partial charge in [-0.1, -0.05) is 30.3 Å². The topological polar surface area (TPSA) is 80.4 Å². The number of rotatable bonds is 3. The summed E-state index contributed by atoms with van der Waals surface area (Å²) in [7, 11) is 0. The van der Waals surface area contributed by atoms with Gasteiger partial charge in [0.05, 0.1) is 5.69 Å². The summed E-state index contributed by atoms with van der Waals surface area (Å²) in [6.45, 7) is 0. The van der Waals surface area contributed by atoms with Crippen molar-refractivity contribution in [3.8, 4) is 11.3 Å². The Morgan fingerprint density at radius 2 is 1.89 bits per heavy atom. The number of hydrogen-bond donors (Lipinski definition) is 1. The normalized spacial score (nSPS) is 10.7. The molecule has 0 amide bonds. The summed E-state index contributed by atoms with van der Waals surface area (Å²) in [6, 6.07) is 13.3. The Morgan fingerprint density at radius 1 is 1.11 bits per heavy atom. The van der Waals surface area contributed by atoms with Gasteiger partial charge in [0.25, 0.3) is 0 Å². The van der Waals surface area contributed by atoms with E-state index >= 15 is 0 Å². The van der Waals surface area contributed by atoms with Gasteiger partial charge in [-0.15, -0.1) is 10.2 Å². The third kappa shape index (κ3) is 2.15. The van der Waals surface area contributed by atoms with Crippen molar-refractivity contribution in [1.82, 2.24) is 19.8 Å². The van der Waals surface area contributed by atoms with Gasteiger partial charge in [0.15, 0.2) is 11.5 Å². The summed E-state index contributed by atoms with van der Waals surface area (Å²) in [6.07, 6.45) is -0.202. The average molecular weight is 254 g/mol. The quantitative estimate of drug-likeness (QED) is 0.764. The van der Waals surface area contributed by atoms with Crippen LogP contribution < -0.4 is 0 Å². The van der Waals surface area contributed by atoms with Crippen LogP contribution in [0.2, 0.25) is 0 Å². The van der Waals surface area contributed by atoms with Gasteiger partial charge in [0.2, 0.25) is 0 Å². The molecule has 1 aromatic carbocycles. The smallest absolute Gasteiger partial charge is 0.311 e. The third-order valence-electron chi connectivity index (χ3n) is 2.71. The first-order valence-corrected chi connectivity index (χ1v) is 5.72. The van der Waals surface area contributed by atoms with Crippen molar-refractivity contribution in [1.29, 1.82) is 0 Å². The number of nitrogens with zero attached hydrogens (tertiary/aromatic N) is 4. The maximum Gasteiger partial charge on any atom is 0.311 e. The lowest BCUT2D eigenvalue weighted by atomic mass is 10.1. The first-order chi connectivity index (χ1) is 9.24. The molecule has 0 aliphatic carbocycles. The lowest BCUT2D eigenvalue weighted by molar-refractivity contribution is -0.136. The minimum Gasteiger partial charge on any atom is -0.481 e. The number of carboxylic acid groups (broad SMARTS) is 1. The van der Waals surface area contributed by atoms with Crippen LogP contribution in [0.15, 0.2) is 42.5 Å². The number of benzene rings is 1. The molecule has 0 spiro atoms. The number of aliphatic carboxylic acids is 1. The fraction of sp³-hybridized carbons (Fsp3) is 0.0769. The number of carboxylic acids is 1. The Kier molecular flexibility index (Phi) is 2.68. The summed E-state index contributed by atoms with van der Waals surface area (Å²) in [5.74, 6) is -0.638. The van der Waals surface area contributed by atoms with Crippen molar-refractivity contribution in [2.45, 2.75) is 6.42 Å². The Hall–Kier alpha value is -2.76. The Morgan fingerprint density at radius 3 is 2.63 bits per heavy atom. The molecule has 0 saturated heterocycles. The number of carbonyl (C=O) groups is 1. The zero-order valence-electron chi connectivity index (χ0n) is 9.89. The molecule has 2 heterocycles. The van der Waals surface area contributed by atoms with Gasteiger partial charge in [0.1, 0.15) is 6.42 Å². The molecule has 0 aliphatic rings. The Labute approximate surface area is 108 Å². The van der Waals surface area contributed by atoms with Gasteiger partial charge in [0, 0.05) is 5.56 Å². The van der Waals surface area contributed by atoms with Crippen molar-refractivity contribution >= 4 is 11.6 Å². The van der Waals surface area contributed by atoms with Crippen LogP contribution >= 0.6 is 0 Å². The number of aromatic nitrogens is 4. The molecule has 0 saturated carbocycles. The van der Waals surface area contributed by atoms with Crippen LogP contribution in [0.5, 0.6) is 0 Å². The molecule has 94 valence electrons. The molecular weight excluding hydrogens is 244 g/mol. The van der Waals surface area contributed by atoms with E-state index in [2.05, 4.69) is 15.3 Å². The maximum atomic E-state index is 10.8. The van der Waals surface area contributed by atoms with Gasteiger partial charge >= 0.3 is 5.97 Å². The molecule has 0 aliphatic heterocycles. The third-order valence-corrected chi connectivity index (χ3v) is 2.71. The van der Waals surface area contributed by atoms with Crippen molar-refractivity contribution < 1.29 is 9.90 Å². The standard InChI is InChI=1S/C13H10N4O2/c18-13(19)8-12-15-14-11-7-6-10(16-17(11)12)9-4-2-1-3-5-9/h1-7H,8H2,(H,18,19). The van der Waals surface area contributed by atoms with E-state index in [1.165, 1.54) is 4.52 Å². The summed E-state index contributed by atoms with van der Waals surface area (Å²) >= 11 is 0. The number of fused-ring (bicyclic) bond motifs is 1. The lowest BCUT2D eigenvalue weighted by Crippen LogP contribution is -2.07. The molecule has 0 fully saturated rings. The molecule has 0 radical (unpaired) electrons. The molecule has 6 heteroatoms. The maximum absolute atomic E-state index is 10.8. The summed E-state index contributed by atoms with van der Waals surface area (Å²) in [5.41, 5.74) is 2.25. The summed E-state index contributed by atoms with van der Waals surface area (Å²) < 4.78 is 1.47. The largest absolute Gasteiger partial charge is 0.481 e. The van der Waals surface area contributed by atoms with Gasteiger partial charge in [-0.2, -0.15) is 9.61 Å². The molecule has 0 unspecified atom stereocenters. The van der Waals surface area contributed by atoms with Crippen molar-refractivity contribution in [2.24, 2.45) is 0 Å². The second-order valence-corrected chi connectivity index (χ2v) is 4.04. The van der Waals surface area contributed by atoms with E-state index in [1.807, 2.05) is 36.4 Å². The molecule has 2 aromatic heterocycles. The monoisotopic (exact) mass is 254 g/mol. The molecule has 19 heavy (non-hydrogen) atoms. The van der Waals surface area contributed by atoms with Crippen molar-refractivity contribution in [3.63, 3.8) is 0 Å². The molecule has 1 N–H and O–H groups in total. The zero-order chi connectivity index (χ0) is 13.2. The predicted molar refractivity (Wildman–Crippen MR) is 67.6 cm³/mol. The van der Waals surface area contributed by atoms with Crippen LogP contribution in [-0.4, -0.2) is 30.9 Å². The van der Waals surface area contributed by atoms with E-state index in [4.69, 9.17) is 5.11 Å². The highest BCUT2D eigenvalue weighted by atomic mass is 16.4. The van der Waals surface area contributed by atoms with Crippen LogP contribution in [0, 0.1) is 0 Å². The first kappa shape index (κ1) is 11.3. The summed E-state index contributed by atoms with van der Waals surface area (Å²) in [4.78, 5) is 10.8. The van der Waals surface area contributed by atoms with E-state index in [0.29, 0.717) is 11.5 Å². The summed E-state index contributed by atoms with van der Waals surface area (Å²) in [5, 5.41) is 20.9. The second-order valence-electron chi connectivity index (χ2n) is 4.04. The minimum atomic E-state index is -0.957. The van der Waals surface area contributed by atoms with Crippen LogP contribution in [0.3, 0.4) is 0 Å². The second kappa shape index (κ2) is 4.49. The van der Waals surface area contributed by atoms with Gasteiger partial charge < -0.3 is 5.11 Å². The SMILES string of the molecule is O=C(O)Cc1nnc2ccc(-c3ccccc3)nn12. The van der Waals surface area contributed by atoms with Crippen LogP contribution in [-0.2, 0) is 11.2 Å². The van der Waals surface area contributed by atoms with E-state index in [1.54, 1.807) is 6.07 Å². The highest BCUT2D eigenvalue weighted by Gasteiger charge is 2.11. The van der Waals surface area contributed by atoms with E-state index in [-0.39, 0.29) is 6.42 Å². The van der Waals surface area contributed by atoms with Crippen LogP contribution in [0.25, 0.3) is 16.9 Å². The molecule has 3 aromatic rings. The first-order valence-electron chi connectivity index (χ1n) is 5.72. The van der Waals surface area contributed by atoms with E-state index in [9.17, 15) is 4.79 Å². The molecule has 6 nitrogen and oxygen atoms in total. The van der Waals surface area contributed by atoms with E-state index < -0.39 is 5.97 Å². The van der Waals surface area contributed by atoms with Crippen LogP contribution in [0.1, 0.15) is 5.82 Å². The van der Waals surface area contributed by atoms with E-state index in [0.717, 1.165) is 11.3 Å². The molecule has 0 atom stereocenters. The highest BCUT2D eigenvalue weighted by molar-refractivity contribution is 5.69. The van der Waals surface area contributed by atoms with Crippen LogP contribution in [0.4, 0.5) is 0 Å². The molecule has 3 rings (SSSR count). The van der Waals surface area contributed by atoms with Crippen molar-refractivity contribution in [3.05, 3.63) is 48.3 Å². The average Bonchev–Trinajstić information content (AvgIpc) is 2.82. The predicted octanol–water partition coefficient (Wildman–Crippen LogP) is 1.42. The lowest BCUT2D eigenvalue weighted by Gasteiger charge is -2.02. The molecule has 0 bridgehead atoms. The Balaban J connectivity index is 2.11. The minimum absolute atomic E-state index is 0.202. The number of hydrogen-bond acceptors (Lipinski definition) is 4. The Bertz CT molecular complexity index is 737. The fourth-order valence-electron chi connectivity index (χ4n) is 1.84. The van der Waals surface area contributed by atoms with Gasteiger partial charge in [-0.05, 0) is 12.1 Å².